The Morgan fingerprint density at radius 2 is 1.47 bits per heavy atom. The fourth-order valence-corrected chi connectivity index (χ4v) is 2.60. The molecule has 1 aliphatic rings. The van der Waals surface area contributed by atoms with Crippen molar-refractivity contribution in [3.05, 3.63) is 59.7 Å². The molecule has 0 bridgehead atoms. The minimum atomic E-state index is 0.00565. The van der Waals surface area contributed by atoms with Crippen LogP contribution >= 0.6 is 12.2 Å². The second-order valence-electron chi connectivity index (χ2n) is 4.18. The lowest BCUT2D eigenvalue weighted by Crippen LogP contribution is -2.05. The third-order valence-corrected chi connectivity index (χ3v) is 3.44. The molecule has 2 aromatic carbocycles. The first-order valence-electron chi connectivity index (χ1n) is 5.66. The van der Waals surface area contributed by atoms with E-state index < -0.39 is 0 Å². The van der Waals surface area contributed by atoms with Gasteiger partial charge < -0.3 is 4.74 Å². The van der Waals surface area contributed by atoms with Crippen molar-refractivity contribution in [2.45, 2.75) is 13.0 Å². The Balaban J connectivity index is 2.34. The molecule has 0 radical (unpaired) electrons. The minimum Gasteiger partial charge on any atom is -0.475 e. The standard InChI is InChI=1S/C15H12OS/c1-10-11-6-2-3-7-12(11)13-8-4-5-9-14(13)15(17)16-10/h2-10H,1H3. The van der Waals surface area contributed by atoms with Crippen LogP contribution in [0, 0.1) is 0 Å². The third-order valence-electron chi connectivity index (χ3n) is 3.12. The summed E-state index contributed by atoms with van der Waals surface area (Å²) in [5.41, 5.74) is 4.59. The van der Waals surface area contributed by atoms with Gasteiger partial charge in [-0.25, -0.2) is 0 Å². The van der Waals surface area contributed by atoms with E-state index in [0.29, 0.717) is 5.05 Å². The van der Waals surface area contributed by atoms with Crippen molar-refractivity contribution in [1.82, 2.24) is 0 Å². The van der Waals surface area contributed by atoms with Crippen molar-refractivity contribution >= 4 is 17.3 Å². The fraction of sp³-hybridized carbons (Fsp3) is 0.133. The molecule has 2 heteroatoms. The maximum Gasteiger partial charge on any atom is 0.192 e. The van der Waals surface area contributed by atoms with Gasteiger partial charge in [0.25, 0.3) is 0 Å². The lowest BCUT2D eigenvalue weighted by molar-refractivity contribution is 0.222. The Bertz CT molecular complexity index is 589. The van der Waals surface area contributed by atoms with Crippen molar-refractivity contribution in [3.63, 3.8) is 0 Å². The molecule has 0 saturated heterocycles. The zero-order chi connectivity index (χ0) is 11.8. The van der Waals surface area contributed by atoms with Gasteiger partial charge >= 0.3 is 0 Å². The van der Waals surface area contributed by atoms with Gasteiger partial charge in [0.15, 0.2) is 5.05 Å². The topological polar surface area (TPSA) is 9.23 Å². The largest absolute Gasteiger partial charge is 0.475 e. The lowest BCUT2D eigenvalue weighted by atomic mass is 9.95. The van der Waals surface area contributed by atoms with Crippen LogP contribution in [0.15, 0.2) is 48.5 Å². The van der Waals surface area contributed by atoms with Crippen LogP contribution < -0.4 is 0 Å². The summed E-state index contributed by atoms with van der Waals surface area (Å²) in [6.07, 6.45) is 0.00565. The zero-order valence-electron chi connectivity index (χ0n) is 9.51. The minimum absolute atomic E-state index is 0.00565. The van der Waals surface area contributed by atoms with E-state index in [9.17, 15) is 0 Å². The van der Waals surface area contributed by atoms with E-state index in [-0.39, 0.29) is 6.10 Å². The molecule has 17 heavy (non-hydrogen) atoms. The van der Waals surface area contributed by atoms with Gasteiger partial charge in [-0.3, -0.25) is 0 Å². The fourth-order valence-electron chi connectivity index (χ4n) is 2.28. The van der Waals surface area contributed by atoms with Gasteiger partial charge in [0, 0.05) is 5.56 Å². The number of hydrogen-bond acceptors (Lipinski definition) is 2. The molecular formula is C15H12OS. The monoisotopic (exact) mass is 240 g/mol. The van der Waals surface area contributed by atoms with E-state index in [1.807, 2.05) is 31.2 Å². The molecule has 0 fully saturated rings. The van der Waals surface area contributed by atoms with Crippen LogP contribution in [-0.2, 0) is 4.74 Å². The van der Waals surface area contributed by atoms with Gasteiger partial charge in [-0.2, -0.15) is 0 Å². The second kappa shape index (κ2) is 3.97. The summed E-state index contributed by atoms with van der Waals surface area (Å²) in [5, 5.41) is 0.587. The summed E-state index contributed by atoms with van der Waals surface area (Å²) in [6.45, 7) is 2.04. The smallest absolute Gasteiger partial charge is 0.192 e. The van der Waals surface area contributed by atoms with Crippen molar-refractivity contribution < 1.29 is 4.74 Å². The van der Waals surface area contributed by atoms with Crippen LogP contribution in [0.1, 0.15) is 24.2 Å². The van der Waals surface area contributed by atoms with Crippen molar-refractivity contribution in [2.75, 3.05) is 0 Å². The molecule has 0 aliphatic carbocycles. The van der Waals surface area contributed by atoms with Crippen molar-refractivity contribution in [2.24, 2.45) is 0 Å². The summed E-state index contributed by atoms with van der Waals surface area (Å²) >= 11 is 5.35. The molecule has 1 nitrogen and oxygen atoms in total. The van der Waals surface area contributed by atoms with Crippen LogP contribution in [-0.4, -0.2) is 5.05 Å². The first-order chi connectivity index (χ1) is 8.27. The van der Waals surface area contributed by atoms with Gasteiger partial charge in [0.05, 0.1) is 0 Å². The molecule has 1 heterocycles. The van der Waals surface area contributed by atoms with Crippen LogP contribution in [0.3, 0.4) is 0 Å². The summed E-state index contributed by atoms with van der Waals surface area (Å²) in [4.78, 5) is 0. The average Bonchev–Trinajstić information content (AvgIpc) is 2.48. The summed E-state index contributed by atoms with van der Waals surface area (Å²) in [5.74, 6) is 0. The molecule has 84 valence electrons. The molecule has 3 rings (SSSR count). The maximum atomic E-state index is 5.80. The second-order valence-corrected chi connectivity index (χ2v) is 4.55. The highest BCUT2D eigenvalue weighted by Gasteiger charge is 2.22. The number of ether oxygens (including phenoxy) is 1. The van der Waals surface area contributed by atoms with E-state index in [1.54, 1.807) is 0 Å². The molecule has 2 aromatic rings. The normalized spacial score (nSPS) is 17.7. The van der Waals surface area contributed by atoms with E-state index in [4.69, 9.17) is 17.0 Å². The van der Waals surface area contributed by atoms with Crippen LogP contribution in [0.4, 0.5) is 0 Å². The average molecular weight is 240 g/mol. The SMILES string of the molecule is CC1OC(=S)c2ccccc2-c2ccccc21. The number of fused-ring (bicyclic) bond motifs is 3. The Kier molecular flexibility index (Phi) is 2.45. The summed E-state index contributed by atoms with van der Waals surface area (Å²) in [7, 11) is 0. The molecule has 0 spiro atoms. The first kappa shape index (κ1) is 10.5. The predicted octanol–water partition coefficient (Wildman–Crippen LogP) is 4.12. The molecule has 0 saturated carbocycles. The summed E-state index contributed by atoms with van der Waals surface area (Å²) in [6, 6.07) is 16.5. The Hall–Kier alpha value is -1.67. The Labute approximate surface area is 106 Å². The van der Waals surface area contributed by atoms with Gasteiger partial charge in [-0.05, 0) is 41.9 Å². The maximum absolute atomic E-state index is 5.80. The molecular weight excluding hydrogens is 228 g/mol. The molecule has 0 amide bonds. The molecule has 0 N–H and O–H groups in total. The molecule has 0 aromatic heterocycles. The quantitative estimate of drug-likeness (QED) is 0.641. The Morgan fingerprint density at radius 3 is 2.24 bits per heavy atom. The molecule has 1 atom stereocenters. The van der Waals surface area contributed by atoms with E-state index in [0.717, 1.165) is 11.1 Å². The van der Waals surface area contributed by atoms with Gasteiger partial charge in [0.1, 0.15) is 6.10 Å². The van der Waals surface area contributed by atoms with Crippen LogP contribution in [0.2, 0.25) is 0 Å². The van der Waals surface area contributed by atoms with Gasteiger partial charge in [-0.1, -0.05) is 42.5 Å². The van der Waals surface area contributed by atoms with Crippen molar-refractivity contribution in [1.29, 1.82) is 0 Å². The first-order valence-corrected chi connectivity index (χ1v) is 6.07. The number of benzene rings is 2. The Morgan fingerprint density at radius 1 is 0.882 bits per heavy atom. The number of thiocarbonyl (C=S) groups is 1. The van der Waals surface area contributed by atoms with E-state index in [2.05, 4.69) is 24.3 Å². The van der Waals surface area contributed by atoms with E-state index >= 15 is 0 Å². The summed E-state index contributed by atoms with van der Waals surface area (Å²) < 4.78 is 5.80. The lowest BCUT2D eigenvalue weighted by Gasteiger charge is -2.13. The third kappa shape index (κ3) is 1.65. The highest BCUT2D eigenvalue weighted by molar-refractivity contribution is 7.80. The predicted molar refractivity (Wildman–Crippen MR) is 73.1 cm³/mol. The van der Waals surface area contributed by atoms with Crippen molar-refractivity contribution in [3.8, 4) is 11.1 Å². The molecule has 1 aliphatic heterocycles. The number of rotatable bonds is 0. The van der Waals surface area contributed by atoms with Gasteiger partial charge in [-0.15, -0.1) is 0 Å². The highest BCUT2D eigenvalue weighted by atomic mass is 32.1. The van der Waals surface area contributed by atoms with E-state index in [1.165, 1.54) is 11.1 Å². The van der Waals surface area contributed by atoms with Crippen LogP contribution in [0.25, 0.3) is 11.1 Å². The molecule has 1 unspecified atom stereocenters. The van der Waals surface area contributed by atoms with Crippen LogP contribution in [0.5, 0.6) is 0 Å². The highest BCUT2D eigenvalue weighted by Crippen LogP contribution is 2.36. The zero-order valence-corrected chi connectivity index (χ0v) is 10.3. The number of hydrogen-bond donors (Lipinski definition) is 0. The van der Waals surface area contributed by atoms with Gasteiger partial charge in [0.2, 0.25) is 0 Å².